The Labute approximate surface area is 117 Å². The Morgan fingerprint density at radius 1 is 1.33 bits per heavy atom. The summed E-state index contributed by atoms with van der Waals surface area (Å²) in [5, 5.41) is 12.5. The zero-order valence-electron chi connectivity index (χ0n) is 9.02. The number of carboxylic acids is 1. The van der Waals surface area contributed by atoms with Crippen molar-refractivity contribution in [2.45, 2.75) is 0 Å². The summed E-state index contributed by atoms with van der Waals surface area (Å²) < 4.78 is 0.581. The molecule has 2 aromatic rings. The summed E-state index contributed by atoms with van der Waals surface area (Å²) in [6.45, 7) is 0. The number of hydrogen-bond donors (Lipinski definition) is 2. The number of nitrogens with zero attached hydrogens (tertiary/aromatic N) is 1. The second-order valence-corrected chi connectivity index (χ2v) is 4.78. The molecular weight excluding hydrogens is 320 g/mol. The molecule has 1 heterocycles. The third kappa shape index (κ3) is 3.00. The summed E-state index contributed by atoms with van der Waals surface area (Å²) in [6.07, 6.45) is 1.30. The molecule has 0 radical (unpaired) electrons. The SMILES string of the molecule is O=C(O)c1cnc(Nc2ccc(Cl)cc2)c(Br)c1. The highest BCUT2D eigenvalue weighted by Gasteiger charge is 2.08. The third-order valence-electron chi connectivity index (χ3n) is 2.20. The Hall–Kier alpha value is -1.59. The van der Waals surface area contributed by atoms with Gasteiger partial charge in [-0.15, -0.1) is 0 Å². The molecule has 0 bridgehead atoms. The van der Waals surface area contributed by atoms with E-state index in [0.29, 0.717) is 15.3 Å². The summed E-state index contributed by atoms with van der Waals surface area (Å²) in [5.74, 6) is -0.469. The molecule has 0 aliphatic rings. The molecule has 18 heavy (non-hydrogen) atoms. The molecule has 4 nitrogen and oxygen atoms in total. The number of rotatable bonds is 3. The van der Waals surface area contributed by atoms with Crippen LogP contribution >= 0.6 is 27.5 Å². The average Bonchev–Trinajstić information content (AvgIpc) is 2.34. The van der Waals surface area contributed by atoms with Crippen LogP contribution in [0.2, 0.25) is 5.02 Å². The average molecular weight is 328 g/mol. The Morgan fingerprint density at radius 2 is 2.00 bits per heavy atom. The van der Waals surface area contributed by atoms with Gasteiger partial charge in [0.25, 0.3) is 0 Å². The fourth-order valence-electron chi connectivity index (χ4n) is 1.32. The zero-order valence-corrected chi connectivity index (χ0v) is 11.4. The largest absolute Gasteiger partial charge is 0.478 e. The summed E-state index contributed by atoms with van der Waals surface area (Å²) in [5.41, 5.74) is 0.944. The summed E-state index contributed by atoms with van der Waals surface area (Å²) >= 11 is 9.06. The number of carboxylic acid groups (broad SMARTS) is 1. The highest BCUT2D eigenvalue weighted by atomic mass is 79.9. The first kappa shape index (κ1) is 12.9. The van der Waals surface area contributed by atoms with Crippen LogP contribution in [-0.4, -0.2) is 16.1 Å². The number of pyridine rings is 1. The molecule has 2 N–H and O–H groups in total. The van der Waals surface area contributed by atoms with Crippen molar-refractivity contribution in [1.82, 2.24) is 4.98 Å². The monoisotopic (exact) mass is 326 g/mol. The van der Waals surface area contributed by atoms with Gasteiger partial charge in [-0.1, -0.05) is 11.6 Å². The van der Waals surface area contributed by atoms with Gasteiger partial charge in [0.15, 0.2) is 0 Å². The lowest BCUT2D eigenvalue weighted by Crippen LogP contribution is -2.00. The zero-order chi connectivity index (χ0) is 13.1. The van der Waals surface area contributed by atoms with Crippen molar-refractivity contribution in [2.75, 3.05) is 5.32 Å². The normalized spacial score (nSPS) is 10.1. The maximum atomic E-state index is 10.8. The molecule has 1 aromatic heterocycles. The minimum atomic E-state index is -1.01. The number of nitrogens with one attached hydrogen (secondary N) is 1. The van der Waals surface area contributed by atoms with E-state index in [4.69, 9.17) is 16.7 Å². The van der Waals surface area contributed by atoms with Crippen molar-refractivity contribution in [2.24, 2.45) is 0 Å². The van der Waals surface area contributed by atoms with Crippen molar-refractivity contribution in [3.8, 4) is 0 Å². The molecule has 0 atom stereocenters. The highest BCUT2D eigenvalue weighted by molar-refractivity contribution is 9.10. The van der Waals surface area contributed by atoms with Gasteiger partial charge in [-0.25, -0.2) is 9.78 Å². The van der Waals surface area contributed by atoms with E-state index in [9.17, 15) is 4.79 Å². The topological polar surface area (TPSA) is 62.2 Å². The maximum Gasteiger partial charge on any atom is 0.337 e. The summed E-state index contributed by atoms with van der Waals surface area (Å²) in [7, 11) is 0. The smallest absolute Gasteiger partial charge is 0.337 e. The fraction of sp³-hybridized carbons (Fsp3) is 0. The first-order valence-corrected chi connectivity index (χ1v) is 6.15. The van der Waals surface area contributed by atoms with Gasteiger partial charge < -0.3 is 10.4 Å². The minimum Gasteiger partial charge on any atom is -0.478 e. The molecule has 0 unspecified atom stereocenters. The standard InChI is InChI=1S/C12H8BrClN2O2/c13-10-5-7(12(17)18)6-15-11(10)16-9-3-1-8(14)2-4-9/h1-6H,(H,15,16)(H,17,18). The maximum absolute atomic E-state index is 10.8. The minimum absolute atomic E-state index is 0.128. The van der Waals surface area contributed by atoms with E-state index in [-0.39, 0.29) is 5.56 Å². The molecule has 0 saturated heterocycles. The van der Waals surface area contributed by atoms with Crippen LogP contribution in [0.4, 0.5) is 11.5 Å². The molecule has 6 heteroatoms. The van der Waals surface area contributed by atoms with Crippen molar-refractivity contribution in [3.63, 3.8) is 0 Å². The Kier molecular flexibility index (Phi) is 3.84. The van der Waals surface area contributed by atoms with Crippen molar-refractivity contribution < 1.29 is 9.90 Å². The molecule has 0 aliphatic carbocycles. The van der Waals surface area contributed by atoms with E-state index in [2.05, 4.69) is 26.2 Å². The van der Waals surface area contributed by atoms with Crippen molar-refractivity contribution >= 4 is 45.0 Å². The Balaban J connectivity index is 2.24. The molecule has 0 spiro atoms. The van der Waals surface area contributed by atoms with Crippen LogP contribution in [-0.2, 0) is 0 Å². The van der Waals surface area contributed by atoms with Gasteiger partial charge in [0, 0.05) is 16.9 Å². The second kappa shape index (κ2) is 5.37. The number of anilines is 2. The van der Waals surface area contributed by atoms with Gasteiger partial charge in [0.2, 0.25) is 0 Å². The molecule has 0 saturated carbocycles. The van der Waals surface area contributed by atoms with Crippen LogP contribution in [0.3, 0.4) is 0 Å². The highest BCUT2D eigenvalue weighted by Crippen LogP contribution is 2.25. The predicted molar refractivity (Wildman–Crippen MR) is 73.6 cm³/mol. The van der Waals surface area contributed by atoms with Gasteiger partial charge in [0.1, 0.15) is 5.82 Å². The number of halogens is 2. The number of aromatic nitrogens is 1. The Bertz CT molecular complexity index is 587. The number of aromatic carboxylic acids is 1. The third-order valence-corrected chi connectivity index (χ3v) is 3.05. The lowest BCUT2D eigenvalue weighted by molar-refractivity contribution is 0.0696. The quantitative estimate of drug-likeness (QED) is 0.896. The molecule has 2 rings (SSSR count). The Morgan fingerprint density at radius 3 is 2.56 bits per heavy atom. The molecule has 1 aromatic carbocycles. The first-order chi connectivity index (χ1) is 8.56. The van der Waals surface area contributed by atoms with Crippen LogP contribution in [0.25, 0.3) is 0 Å². The van der Waals surface area contributed by atoms with E-state index < -0.39 is 5.97 Å². The van der Waals surface area contributed by atoms with Gasteiger partial charge in [-0.05, 0) is 46.3 Å². The van der Waals surface area contributed by atoms with E-state index in [0.717, 1.165) is 5.69 Å². The van der Waals surface area contributed by atoms with E-state index >= 15 is 0 Å². The fourth-order valence-corrected chi connectivity index (χ4v) is 1.89. The lowest BCUT2D eigenvalue weighted by atomic mass is 10.3. The van der Waals surface area contributed by atoms with Gasteiger partial charge in [0.05, 0.1) is 10.0 Å². The predicted octanol–water partition coefficient (Wildman–Crippen LogP) is 3.94. The van der Waals surface area contributed by atoms with E-state index in [1.165, 1.54) is 12.3 Å². The van der Waals surface area contributed by atoms with Crippen LogP contribution in [0.5, 0.6) is 0 Å². The number of hydrogen-bond acceptors (Lipinski definition) is 3. The number of benzene rings is 1. The van der Waals surface area contributed by atoms with Gasteiger partial charge in [-0.2, -0.15) is 0 Å². The van der Waals surface area contributed by atoms with Crippen LogP contribution in [0.1, 0.15) is 10.4 Å². The first-order valence-electron chi connectivity index (χ1n) is 4.97. The lowest BCUT2D eigenvalue weighted by Gasteiger charge is -2.08. The molecular formula is C12H8BrClN2O2. The molecule has 0 fully saturated rings. The molecule has 0 aliphatic heterocycles. The van der Waals surface area contributed by atoms with Gasteiger partial charge in [-0.3, -0.25) is 0 Å². The van der Waals surface area contributed by atoms with Crippen molar-refractivity contribution in [3.05, 3.63) is 51.6 Å². The van der Waals surface area contributed by atoms with E-state index in [1.54, 1.807) is 12.1 Å². The van der Waals surface area contributed by atoms with Crippen LogP contribution < -0.4 is 5.32 Å². The van der Waals surface area contributed by atoms with Crippen molar-refractivity contribution in [1.29, 1.82) is 0 Å². The molecule has 0 amide bonds. The van der Waals surface area contributed by atoms with Crippen LogP contribution in [0, 0.1) is 0 Å². The summed E-state index contributed by atoms with van der Waals surface area (Å²) in [6, 6.07) is 8.61. The summed E-state index contributed by atoms with van der Waals surface area (Å²) in [4.78, 5) is 14.8. The van der Waals surface area contributed by atoms with Gasteiger partial charge >= 0.3 is 5.97 Å². The second-order valence-electron chi connectivity index (χ2n) is 3.49. The number of carbonyl (C=O) groups is 1. The molecule has 92 valence electrons. The van der Waals surface area contributed by atoms with E-state index in [1.807, 2.05) is 12.1 Å². The van der Waals surface area contributed by atoms with Crippen LogP contribution in [0.15, 0.2) is 41.0 Å².